The third-order valence-corrected chi connectivity index (χ3v) is 5.58. The average molecular weight is 403 g/mol. The zero-order valence-electron chi connectivity index (χ0n) is 13.3. The van der Waals surface area contributed by atoms with E-state index in [0.717, 1.165) is 28.2 Å². The first kappa shape index (κ1) is 17.1. The van der Waals surface area contributed by atoms with Crippen LogP contribution in [-0.2, 0) is 6.54 Å². The highest BCUT2D eigenvalue weighted by atomic mass is 35.5. The van der Waals surface area contributed by atoms with Gasteiger partial charge in [-0.05, 0) is 29.8 Å². The van der Waals surface area contributed by atoms with E-state index in [1.54, 1.807) is 30.5 Å². The van der Waals surface area contributed by atoms with Crippen molar-refractivity contribution >= 4 is 58.1 Å². The number of thiazole rings is 1. The van der Waals surface area contributed by atoms with Gasteiger partial charge < -0.3 is 5.11 Å². The summed E-state index contributed by atoms with van der Waals surface area (Å²) in [7, 11) is 0. The first-order valence-corrected chi connectivity index (χ1v) is 9.32. The smallest absolute Gasteiger partial charge is 0.310 e. The first-order chi connectivity index (χ1) is 12.5. The first-order valence-electron chi connectivity index (χ1n) is 7.74. The summed E-state index contributed by atoms with van der Waals surface area (Å²) in [6.45, 7) is 0.172. The molecule has 2 heterocycles. The van der Waals surface area contributed by atoms with Gasteiger partial charge in [0.2, 0.25) is 5.88 Å². The Hall–Kier alpha value is -2.34. The van der Waals surface area contributed by atoms with E-state index in [9.17, 15) is 9.90 Å². The normalized spacial score (nSPS) is 14.2. The summed E-state index contributed by atoms with van der Waals surface area (Å²) in [6, 6.07) is 12.8. The number of para-hydroxylation sites is 1. The Labute approximate surface area is 163 Å². The molecule has 0 radical (unpaired) electrons. The highest BCUT2D eigenvalue weighted by Crippen LogP contribution is 2.34. The summed E-state index contributed by atoms with van der Waals surface area (Å²) >= 11 is 13.1. The Kier molecular flexibility index (Phi) is 4.44. The Morgan fingerprint density at radius 2 is 2.00 bits per heavy atom. The molecular weight excluding hydrogens is 391 g/mol. The van der Waals surface area contributed by atoms with E-state index in [4.69, 9.17) is 23.2 Å². The summed E-state index contributed by atoms with van der Waals surface area (Å²) in [6.07, 6.45) is 3.51. The van der Waals surface area contributed by atoms with Crippen LogP contribution < -0.4 is 4.87 Å². The van der Waals surface area contributed by atoms with Gasteiger partial charge in [0, 0.05) is 27.4 Å². The average Bonchev–Trinajstić information content (AvgIpc) is 3.14. The van der Waals surface area contributed by atoms with E-state index >= 15 is 0 Å². The molecule has 0 aliphatic carbocycles. The molecule has 0 atom stereocenters. The lowest BCUT2D eigenvalue weighted by molar-refractivity contribution is 0.420. The number of rotatable bonds is 3. The fourth-order valence-electron chi connectivity index (χ4n) is 2.76. The van der Waals surface area contributed by atoms with Gasteiger partial charge in [0.1, 0.15) is 0 Å². The maximum Gasteiger partial charge on any atom is 0.310 e. The number of aliphatic imine (C=N–C) groups is 1. The largest absolute Gasteiger partial charge is 0.493 e. The molecule has 0 spiro atoms. The minimum atomic E-state index is -0.261. The van der Waals surface area contributed by atoms with Crippen LogP contribution in [0.1, 0.15) is 16.0 Å². The van der Waals surface area contributed by atoms with E-state index in [0.29, 0.717) is 20.5 Å². The number of aromatic hydroxyl groups is 1. The summed E-state index contributed by atoms with van der Waals surface area (Å²) in [5.41, 5.74) is 3.41. The monoisotopic (exact) mass is 402 g/mol. The number of benzene rings is 2. The molecule has 0 fully saturated rings. The fraction of sp³-hybridized carbons (Fsp3) is 0.0526. The second kappa shape index (κ2) is 6.76. The van der Waals surface area contributed by atoms with Crippen molar-refractivity contribution in [2.75, 3.05) is 0 Å². The standard InChI is InChI=1S/C19H12Cl2N2O2S/c20-13-6-5-11(15(21)8-13)10-23-18(24)17(26-19(23)25)7-12-9-22-16-4-2-1-3-14(12)16/h1-9,24H,10H2. The number of hydrogen-bond acceptors (Lipinski definition) is 4. The van der Waals surface area contributed by atoms with E-state index in [1.807, 2.05) is 24.3 Å². The summed E-state index contributed by atoms with van der Waals surface area (Å²) in [5, 5.41) is 11.5. The van der Waals surface area contributed by atoms with Gasteiger partial charge in [0.25, 0.3) is 0 Å². The fourth-order valence-corrected chi connectivity index (χ4v) is 4.07. The lowest BCUT2D eigenvalue weighted by Crippen LogP contribution is -2.13. The van der Waals surface area contributed by atoms with Crippen LogP contribution in [0.4, 0.5) is 5.69 Å². The van der Waals surface area contributed by atoms with E-state index < -0.39 is 0 Å². The van der Waals surface area contributed by atoms with Crippen LogP contribution in [0, 0.1) is 0 Å². The number of fused-ring (bicyclic) bond motifs is 1. The van der Waals surface area contributed by atoms with Crippen molar-refractivity contribution in [3.05, 3.63) is 78.2 Å². The topological polar surface area (TPSA) is 54.6 Å². The van der Waals surface area contributed by atoms with Gasteiger partial charge in [-0.15, -0.1) is 0 Å². The third kappa shape index (κ3) is 3.09. The number of halogens is 2. The maximum atomic E-state index is 12.4. The molecule has 1 aliphatic rings. The molecule has 1 N–H and O–H groups in total. The molecule has 0 saturated heterocycles. The number of allylic oxidation sites excluding steroid dienone is 1. The zero-order chi connectivity index (χ0) is 18.3. The quantitative estimate of drug-likeness (QED) is 0.651. The Morgan fingerprint density at radius 3 is 2.81 bits per heavy atom. The molecule has 0 saturated carbocycles. The van der Waals surface area contributed by atoms with Crippen molar-refractivity contribution in [2.45, 2.75) is 6.54 Å². The SMILES string of the molecule is O=c1sc(C=C2C=Nc3ccccc32)c(O)n1Cc1ccc(Cl)cc1Cl. The van der Waals surface area contributed by atoms with Gasteiger partial charge in [-0.25, -0.2) is 0 Å². The molecule has 26 heavy (non-hydrogen) atoms. The molecule has 130 valence electrons. The number of hydrogen-bond donors (Lipinski definition) is 1. The lowest BCUT2D eigenvalue weighted by atomic mass is 10.1. The Bertz CT molecular complexity index is 1130. The van der Waals surface area contributed by atoms with Gasteiger partial charge in [-0.2, -0.15) is 0 Å². The second-order valence-corrected chi connectivity index (χ2v) is 7.59. The van der Waals surface area contributed by atoms with Gasteiger partial charge in [-0.3, -0.25) is 14.4 Å². The Balaban J connectivity index is 1.71. The van der Waals surface area contributed by atoms with Crippen LogP contribution in [0.2, 0.25) is 10.0 Å². The molecule has 1 aromatic heterocycles. The minimum absolute atomic E-state index is 0.0868. The predicted molar refractivity (Wildman–Crippen MR) is 108 cm³/mol. The van der Waals surface area contributed by atoms with Crippen molar-refractivity contribution < 1.29 is 5.11 Å². The second-order valence-electron chi connectivity index (χ2n) is 5.75. The van der Waals surface area contributed by atoms with Gasteiger partial charge in [0.05, 0.1) is 17.1 Å². The molecule has 2 aromatic carbocycles. The highest BCUT2D eigenvalue weighted by Gasteiger charge is 2.17. The van der Waals surface area contributed by atoms with Crippen LogP contribution in [0.5, 0.6) is 5.88 Å². The molecule has 4 nitrogen and oxygen atoms in total. The summed E-state index contributed by atoms with van der Waals surface area (Å²) < 4.78 is 1.30. The molecule has 0 bridgehead atoms. The van der Waals surface area contributed by atoms with Crippen molar-refractivity contribution in [3.63, 3.8) is 0 Å². The molecule has 0 amide bonds. The predicted octanol–water partition coefficient (Wildman–Crippen LogP) is 5.23. The van der Waals surface area contributed by atoms with Crippen molar-refractivity contribution in [1.82, 2.24) is 4.57 Å². The summed E-state index contributed by atoms with van der Waals surface area (Å²) in [4.78, 5) is 16.9. The van der Waals surface area contributed by atoms with Crippen LogP contribution in [0.15, 0.2) is 52.3 Å². The summed E-state index contributed by atoms with van der Waals surface area (Å²) in [5.74, 6) is -0.0868. The van der Waals surface area contributed by atoms with Gasteiger partial charge >= 0.3 is 4.87 Å². The maximum absolute atomic E-state index is 12.4. The minimum Gasteiger partial charge on any atom is -0.493 e. The lowest BCUT2D eigenvalue weighted by Gasteiger charge is -2.06. The van der Waals surface area contributed by atoms with Gasteiger partial charge in [0.15, 0.2) is 0 Å². The number of nitrogens with zero attached hydrogens (tertiary/aromatic N) is 2. The van der Waals surface area contributed by atoms with Crippen molar-refractivity contribution in [3.8, 4) is 5.88 Å². The molecule has 3 aromatic rings. The van der Waals surface area contributed by atoms with Crippen molar-refractivity contribution in [2.24, 2.45) is 4.99 Å². The highest BCUT2D eigenvalue weighted by molar-refractivity contribution is 7.10. The zero-order valence-corrected chi connectivity index (χ0v) is 15.6. The van der Waals surface area contributed by atoms with Crippen LogP contribution >= 0.6 is 34.5 Å². The van der Waals surface area contributed by atoms with E-state index in [1.165, 1.54) is 4.57 Å². The van der Waals surface area contributed by atoms with E-state index in [-0.39, 0.29) is 17.3 Å². The van der Waals surface area contributed by atoms with Crippen LogP contribution in [0.25, 0.3) is 11.6 Å². The third-order valence-electron chi connectivity index (χ3n) is 4.08. The van der Waals surface area contributed by atoms with Crippen molar-refractivity contribution in [1.29, 1.82) is 0 Å². The van der Waals surface area contributed by atoms with Gasteiger partial charge in [-0.1, -0.05) is 58.8 Å². The van der Waals surface area contributed by atoms with E-state index in [2.05, 4.69) is 4.99 Å². The van der Waals surface area contributed by atoms with Crippen LogP contribution in [0.3, 0.4) is 0 Å². The molecule has 0 unspecified atom stereocenters. The number of aromatic nitrogens is 1. The Morgan fingerprint density at radius 1 is 1.19 bits per heavy atom. The molecule has 7 heteroatoms. The molecule has 1 aliphatic heterocycles. The van der Waals surface area contributed by atoms with Crippen LogP contribution in [-0.4, -0.2) is 15.9 Å². The molecular formula is C19H12Cl2N2O2S. The molecule has 4 rings (SSSR count).